The van der Waals surface area contributed by atoms with Gasteiger partial charge in [-0.1, -0.05) is 0 Å². The van der Waals surface area contributed by atoms with E-state index in [1.807, 2.05) is 10.9 Å². The van der Waals surface area contributed by atoms with Crippen LogP contribution >= 0.6 is 0 Å². The third kappa shape index (κ3) is 3.53. The Morgan fingerprint density at radius 2 is 2.18 bits per heavy atom. The lowest BCUT2D eigenvalue weighted by molar-refractivity contribution is -0.0890. The largest absolute Gasteiger partial charge is 0.423 e. The lowest BCUT2D eigenvalue weighted by Crippen LogP contribution is -2.43. The maximum atomic E-state index is 5.94. The van der Waals surface area contributed by atoms with Crippen LogP contribution in [0.3, 0.4) is 0 Å². The van der Waals surface area contributed by atoms with Gasteiger partial charge in [-0.15, -0.1) is 10.2 Å². The summed E-state index contributed by atoms with van der Waals surface area (Å²) in [6.45, 7) is 9.57. The van der Waals surface area contributed by atoms with Crippen molar-refractivity contribution in [2.24, 2.45) is 0 Å². The molecule has 0 aromatic carbocycles. The second-order valence-electron chi connectivity index (χ2n) is 5.81. The normalized spacial score (nSPS) is 23.0. The number of nitrogens with zero attached hydrogens (tertiary/aromatic N) is 5. The summed E-state index contributed by atoms with van der Waals surface area (Å²) in [7, 11) is 0. The van der Waals surface area contributed by atoms with E-state index in [9.17, 15) is 0 Å². The molecule has 120 valence electrons. The van der Waals surface area contributed by atoms with E-state index < -0.39 is 0 Å². The van der Waals surface area contributed by atoms with Crippen LogP contribution in [0, 0.1) is 6.92 Å². The topological polar surface area (TPSA) is 69.2 Å². The van der Waals surface area contributed by atoms with E-state index in [0.717, 1.165) is 32.6 Å². The fraction of sp³-hybridized carbons (Fsp3) is 0.667. The zero-order chi connectivity index (χ0) is 15.5. The van der Waals surface area contributed by atoms with Crippen LogP contribution in [0.25, 0.3) is 0 Å². The van der Waals surface area contributed by atoms with Gasteiger partial charge in [0.25, 0.3) is 0 Å². The molecule has 3 heterocycles. The summed E-state index contributed by atoms with van der Waals surface area (Å²) >= 11 is 0. The second kappa shape index (κ2) is 6.58. The molecule has 0 amide bonds. The number of rotatable bonds is 5. The van der Waals surface area contributed by atoms with Crippen LogP contribution < -0.4 is 0 Å². The van der Waals surface area contributed by atoms with E-state index in [0.29, 0.717) is 11.8 Å². The third-order valence-corrected chi connectivity index (χ3v) is 3.88. The number of morpholine rings is 1. The zero-order valence-corrected chi connectivity index (χ0v) is 13.4. The molecule has 3 rings (SSSR count). The molecule has 0 N–H and O–H groups in total. The van der Waals surface area contributed by atoms with Gasteiger partial charge in [-0.25, -0.2) is 0 Å². The van der Waals surface area contributed by atoms with Gasteiger partial charge in [0.2, 0.25) is 11.8 Å². The van der Waals surface area contributed by atoms with E-state index in [-0.39, 0.29) is 12.2 Å². The quantitative estimate of drug-likeness (QED) is 0.835. The molecule has 2 atom stereocenters. The van der Waals surface area contributed by atoms with Gasteiger partial charge in [-0.3, -0.25) is 9.58 Å². The highest BCUT2D eigenvalue weighted by Crippen LogP contribution is 2.24. The van der Waals surface area contributed by atoms with Gasteiger partial charge in [0.05, 0.1) is 12.3 Å². The Balaban J connectivity index is 1.58. The first-order valence-corrected chi connectivity index (χ1v) is 7.83. The van der Waals surface area contributed by atoms with Gasteiger partial charge in [0.15, 0.2) is 0 Å². The highest BCUT2D eigenvalue weighted by Gasteiger charge is 2.29. The summed E-state index contributed by atoms with van der Waals surface area (Å²) in [6, 6.07) is 0. The fourth-order valence-corrected chi connectivity index (χ4v) is 2.80. The van der Waals surface area contributed by atoms with E-state index in [2.05, 4.69) is 40.2 Å². The Morgan fingerprint density at radius 3 is 2.86 bits per heavy atom. The molecule has 22 heavy (non-hydrogen) atoms. The van der Waals surface area contributed by atoms with Crippen LogP contribution in [0.5, 0.6) is 0 Å². The highest BCUT2D eigenvalue weighted by atomic mass is 16.5. The molecule has 1 aliphatic heterocycles. The van der Waals surface area contributed by atoms with E-state index in [1.54, 1.807) is 6.92 Å². The number of hydrogen-bond donors (Lipinski definition) is 0. The molecular formula is C15H23N5O2. The maximum Gasteiger partial charge on any atom is 0.246 e. The van der Waals surface area contributed by atoms with Crippen molar-refractivity contribution in [3.63, 3.8) is 0 Å². The molecule has 0 aliphatic carbocycles. The summed E-state index contributed by atoms with van der Waals surface area (Å²) < 4.78 is 13.4. The SMILES string of the molecule is CCn1cc(CCN2C[C@@H](C)O[C@@H](c3nnc(C)o3)C2)cn1. The summed E-state index contributed by atoms with van der Waals surface area (Å²) in [5.74, 6) is 1.16. The van der Waals surface area contributed by atoms with E-state index in [4.69, 9.17) is 9.15 Å². The highest BCUT2D eigenvalue weighted by molar-refractivity contribution is 5.04. The van der Waals surface area contributed by atoms with Crippen molar-refractivity contribution in [1.82, 2.24) is 24.9 Å². The van der Waals surface area contributed by atoms with Crippen molar-refractivity contribution >= 4 is 0 Å². The number of hydrogen-bond acceptors (Lipinski definition) is 6. The first-order chi connectivity index (χ1) is 10.6. The minimum Gasteiger partial charge on any atom is -0.423 e. The average molecular weight is 305 g/mol. The minimum absolute atomic E-state index is 0.136. The lowest BCUT2D eigenvalue weighted by atomic mass is 10.2. The van der Waals surface area contributed by atoms with Crippen LogP contribution in [0.4, 0.5) is 0 Å². The van der Waals surface area contributed by atoms with Gasteiger partial charge < -0.3 is 9.15 Å². The van der Waals surface area contributed by atoms with Crippen LogP contribution in [-0.4, -0.2) is 50.6 Å². The molecule has 1 fully saturated rings. The van der Waals surface area contributed by atoms with Crippen LogP contribution in [-0.2, 0) is 17.7 Å². The Bertz CT molecular complexity index is 609. The van der Waals surface area contributed by atoms with Crippen LogP contribution in [0.1, 0.15) is 37.3 Å². The molecule has 7 nitrogen and oxygen atoms in total. The van der Waals surface area contributed by atoms with Gasteiger partial charge in [-0.05, 0) is 25.8 Å². The van der Waals surface area contributed by atoms with Crippen molar-refractivity contribution < 1.29 is 9.15 Å². The van der Waals surface area contributed by atoms with Crippen molar-refractivity contribution in [3.05, 3.63) is 29.7 Å². The summed E-state index contributed by atoms with van der Waals surface area (Å²) in [6.07, 6.45) is 5.07. The van der Waals surface area contributed by atoms with Gasteiger partial charge >= 0.3 is 0 Å². The molecule has 1 aliphatic rings. The number of aryl methyl sites for hydroxylation is 2. The molecule has 1 saturated heterocycles. The molecule has 0 saturated carbocycles. The van der Waals surface area contributed by atoms with Gasteiger partial charge in [0.1, 0.15) is 6.10 Å². The Hall–Kier alpha value is -1.73. The predicted octanol–water partition coefficient (Wildman–Crippen LogP) is 1.60. The monoisotopic (exact) mass is 305 g/mol. The molecular weight excluding hydrogens is 282 g/mol. The van der Waals surface area contributed by atoms with Crippen LogP contribution in [0.15, 0.2) is 16.8 Å². The molecule has 2 aromatic rings. The maximum absolute atomic E-state index is 5.94. The molecule has 7 heteroatoms. The second-order valence-corrected chi connectivity index (χ2v) is 5.81. The van der Waals surface area contributed by atoms with Crippen molar-refractivity contribution in [1.29, 1.82) is 0 Å². The lowest BCUT2D eigenvalue weighted by Gasteiger charge is -2.35. The van der Waals surface area contributed by atoms with Crippen molar-refractivity contribution in [3.8, 4) is 0 Å². The van der Waals surface area contributed by atoms with Crippen LogP contribution in [0.2, 0.25) is 0 Å². The summed E-state index contributed by atoms with van der Waals surface area (Å²) in [5, 5.41) is 12.3. The fourth-order valence-electron chi connectivity index (χ4n) is 2.80. The number of ether oxygens (including phenoxy) is 1. The van der Waals surface area contributed by atoms with Gasteiger partial charge in [-0.2, -0.15) is 5.10 Å². The summed E-state index contributed by atoms with van der Waals surface area (Å²) in [5.41, 5.74) is 1.27. The zero-order valence-electron chi connectivity index (χ0n) is 13.4. The molecule has 0 radical (unpaired) electrons. The molecule has 0 unspecified atom stereocenters. The minimum atomic E-state index is -0.136. The van der Waals surface area contributed by atoms with Crippen molar-refractivity contribution in [2.75, 3.05) is 19.6 Å². The van der Waals surface area contributed by atoms with Crippen molar-refractivity contribution in [2.45, 2.75) is 45.9 Å². The first-order valence-electron chi connectivity index (χ1n) is 7.83. The summed E-state index contributed by atoms with van der Waals surface area (Å²) in [4.78, 5) is 2.39. The molecule has 2 aromatic heterocycles. The average Bonchev–Trinajstić information content (AvgIpc) is 3.13. The first kappa shape index (κ1) is 15.2. The Morgan fingerprint density at radius 1 is 1.32 bits per heavy atom. The van der Waals surface area contributed by atoms with Gasteiger partial charge in [0, 0.05) is 39.3 Å². The Kier molecular flexibility index (Phi) is 4.54. The Labute approximate surface area is 130 Å². The number of aromatic nitrogens is 4. The standard InChI is InChI=1S/C15H23N5O2/c1-4-20-9-13(7-16-20)5-6-19-8-11(2)21-14(10-19)15-18-17-12(3)22-15/h7,9,11,14H,4-6,8,10H2,1-3H3/t11-,14-/m1/s1. The van der Waals surface area contributed by atoms with E-state index >= 15 is 0 Å². The molecule has 0 bridgehead atoms. The smallest absolute Gasteiger partial charge is 0.246 e. The van der Waals surface area contributed by atoms with E-state index in [1.165, 1.54) is 5.56 Å². The third-order valence-electron chi connectivity index (χ3n) is 3.88. The molecule has 0 spiro atoms. The predicted molar refractivity (Wildman–Crippen MR) is 80.4 cm³/mol.